The Hall–Kier alpha value is -9.54. The van der Waals surface area contributed by atoms with Crippen molar-refractivity contribution in [2.75, 3.05) is 0 Å². The fraction of sp³-hybridized carbons (Fsp3) is 0. The Morgan fingerprint density at radius 1 is 0.280 bits per heavy atom. The zero-order chi connectivity index (χ0) is 58.4. The fourth-order valence-electron chi connectivity index (χ4n) is 11.7. The average Bonchev–Trinajstić information content (AvgIpc) is 1.98. The summed E-state index contributed by atoms with van der Waals surface area (Å²) >= 11 is 0. The molecule has 2 heterocycles. The third-order valence-electron chi connectivity index (χ3n) is 14.8. The Bertz CT molecular complexity index is 4760. The Kier molecular flexibility index (Phi) is 8.57. The van der Waals surface area contributed by atoms with Crippen LogP contribution in [0.5, 0.6) is 0 Å². The van der Waals surface area contributed by atoms with Gasteiger partial charge in [-0.2, -0.15) is 0 Å². The van der Waals surface area contributed by atoms with Crippen LogP contribution in [0.25, 0.3) is 99.5 Å². The lowest BCUT2D eigenvalue weighted by Gasteiger charge is -2.36. The van der Waals surface area contributed by atoms with Crippen LogP contribution in [0.15, 0.2) is 303 Å². The van der Waals surface area contributed by atoms with Gasteiger partial charge in [-0.15, -0.1) is 0 Å². The van der Waals surface area contributed by atoms with Crippen LogP contribution in [0.2, 0.25) is 0 Å². The number of para-hydroxylation sites is 3. The van der Waals surface area contributed by atoms with E-state index in [1.165, 1.54) is 0 Å². The van der Waals surface area contributed by atoms with Crippen molar-refractivity contribution in [2.24, 2.45) is 0 Å². The number of hydrogen-bond acceptors (Lipinski definition) is 0. The molecule has 0 bridgehead atoms. The quantitative estimate of drug-likeness (QED) is 0.0955. The molecular weight excluding hydrogens is 921 g/mol. The lowest BCUT2D eigenvalue weighted by atomic mass is 9.93. The number of hydrogen-bond donors (Lipinski definition) is 0. The van der Waals surface area contributed by atoms with E-state index in [-0.39, 0.29) is 27.9 Å². The highest BCUT2D eigenvalue weighted by Crippen LogP contribution is 2.45. The van der Waals surface area contributed by atoms with Crippen molar-refractivity contribution < 1.29 is 13.7 Å². The number of nitrogens with zero attached hydrogens (tertiary/aromatic N) is 2. The van der Waals surface area contributed by atoms with Gasteiger partial charge in [0.1, 0.15) is 0 Å². The highest BCUT2D eigenvalue weighted by atomic mass is 28.3. The molecule has 12 aromatic carbocycles. The summed E-state index contributed by atoms with van der Waals surface area (Å²) in [5.74, 6) is 0. The second-order valence-corrected chi connectivity index (χ2v) is 22.6. The largest absolute Gasteiger partial charge is 0.309 e. The van der Waals surface area contributed by atoms with Gasteiger partial charge in [-0.3, -0.25) is 0 Å². The molecule has 352 valence electrons. The smallest absolute Gasteiger partial charge is 0.179 e. The van der Waals surface area contributed by atoms with E-state index in [0.717, 1.165) is 76.1 Å². The molecule has 0 amide bonds. The van der Waals surface area contributed by atoms with Gasteiger partial charge in [0.25, 0.3) is 0 Å². The minimum atomic E-state index is -3.64. The van der Waals surface area contributed by atoms with E-state index >= 15 is 0 Å². The molecular formula is C72H50N2Si. The summed E-state index contributed by atoms with van der Waals surface area (Å²) in [5, 5.41) is 7.34. The standard InChI is InChI=1S/C72H50N2Si/c1-7-26-51(27-8-1)59-38-19-20-39-60(59)63-42-25-43-64-61-40-21-23-44-68(61)73(71(63)64)54-46-47-70-67(48-54)62-41-22-24-45-69(62)74(70)72-65(52-28-9-2-10-29-52)49-58(50-66(72)53-30-11-3-12-31-53)75(55-32-13-4-14-33-55,56-34-15-5-16-35-56)57-36-17-6-18-37-57/h1-50H/i2D,3D,9D,10D,11D,12D,28D,29D,30D,31D. The van der Waals surface area contributed by atoms with E-state index in [0.29, 0.717) is 16.2 Å². The van der Waals surface area contributed by atoms with Crippen LogP contribution in [-0.2, 0) is 0 Å². The maximum atomic E-state index is 9.84. The number of rotatable bonds is 10. The zero-order valence-electron chi connectivity index (χ0n) is 50.5. The lowest BCUT2D eigenvalue weighted by Crippen LogP contribution is -2.74. The summed E-state index contributed by atoms with van der Waals surface area (Å²) in [7, 11) is -3.64. The predicted molar refractivity (Wildman–Crippen MR) is 320 cm³/mol. The second kappa shape index (κ2) is 18.5. The summed E-state index contributed by atoms with van der Waals surface area (Å²) in [6.07, 6.45) is 0. The van der Waals surface area contributed by atoms with Gasteiger partial charge in [0.15, 0.2) is 8.07 Å². The fourth-order valence-corrected chi connectivity index (χ4v) is 16.5. The number of benzene rings is 12. The van der Waals surface area contributed by atoms with Gasteiger partial charge in [-0.1, -0.05) is 273 Å². The molecule has 0 radical (unpaired) electrons. The first-order valence-corrected chi connectivity index (χ1v) is 27.1. The molecule has 14 aromatic rings. The van der Waals surface area contributed by atoms with E-state index in [2.05, 4.69) is 144 Å². The SMILES string of the molecule is [2H]c1c([2H])c([2H])c(-c2cc([Si](c3ccccc3)(c3ccccc3)c3ccccc3)cc(-c3c([2H])c([2H])c([2H])c([2H])c3[2H])c2-n2c3ccccc3c3cc(-n4c5ccccc5c5cccc(-c6ccccc6-c6ccccc6)c54)ccc32)c([2H])c1[2H]. The monoisotopic (exact) mass is 980 g/mol. The first kappa shape index (κ1) is 34.8. The van der Waals surface area contributed by atoms with Crippen molar-refractivity contribution in [1.29, 1.82) is 0 Å². The highest BCUT2D eigenvalue weighted by Gasteiger charge is 2.42. The summed E-state index contributed by atoms with van der Waals surface area (Å²) in [5.41, 5.74) is 9.00. The van der Waals surface area contributed by atoms with Gasteiger partial charge in [-0.25, -0.2) is 0 Å². The van der Waals surface area contributed by atoms with Crippen molar-refractivity contribution in [3.8, 4) is 55.9 Å². The first-order chi connectivity index (χ1) is 41.4. The molecule has 0 saturated carbocycles. The molecule has 2 nitrogen and oxygen atoms in total. The van der Waals surface area contributed by atoms with Crippen LogP contribution < -0.4 is 20.7 Å². The zero-order valence-corrected chi connectivity index (χ0v) is 41.5. The minimum absolute atomic E-state index is 0.107. The molecule has 0 fully saturated rings. The first-order valence-electron chi connectivity index (χ1n) is 30.1. The van der Waals surface area contributed by atoms with Gasteiger partial charge in [0, 0.05) is 43.9 Å². The Labute approximate surface area is 452 Å². The third kappa shape index (κ3) is 7.23. The third-order valence-corrected chi connectivity index (χ3v) is 19.6. The number of aromatic nitrogens is 2. The molecule has 0 atom stereocenters. The van der Waals surface area contributed by atoms with E-state index in [1.807, 2.05) is 108 Å². The molecule has 0 spiro atoms. The van der Waals surface area contributed by atoms with Crippen LogP contribution in [0.4, 0.5) is 0 Å². The molecule has 0 aliphatic carbocycles. The van der Waals surface area contributed by atoms with Crippen molar-refractivity contribution in [1.82, 2.24) is 9.13 Å². The summed E-state index contributed by atoms with van der Waals surface area (Å²) < 4.78 is 98.4. The van der Waals surface area contributed by atoms with Crippen molar-refractivity contribution in [2.45, 2.75) is 0 Å². The summed E-state index contributed by atoms with van der Waals surface area (Å²) in [6.45, 7) is 0. The topological polar surface area (TPSA) is 9.86 Å². The summed E-state index contributed by atoms with van der Waals surface area (Å²) in [6, 6.07) is 77.0. The molecule has 0 N–H and O–H groups in total. The normalized spacial score (nSPS) is 13.6. The maximum Gasteiger partial charge on any atom is 0.179 e. The Morgan fingerprint density at radius 3 is 1.29 bits per heavy atom. The molecule has 0 unspecified atom stereocenters. The van der Waals surface area contributed by atoms with Gasteiger partial charge in [-0.05, 0) is 78.9 Å². The number of fused-ring (bicyclic) bond motifs is 6. The van der Waals surface area contributed by atoms with Crippen LogP contribution in [0.1, 0.15) is 13.7 Å². The lowest BCUT2D eigenvalue weighted by molar-refractivity contribution is 1.17. The van der Waals surface area contributed by atoms with Crippen molar-refractivity contribution in [3.63, 3.8) is 0 Å². The van der Waals surface area contributed by atoms with Crippen LogP contribution >= 0.6 is 0 Å². The molecule has 2 aromatic heterocycles. The van der Waals surface area contributed by atoms with E-state index in [4.69, 9.17) is 2.74 Å². The minimum Gasteiger partial charge on any atom is -0.309 e. The maximum absolute atomic E-state index is 9.84. The Morgan fingerprint density at radius 2 is 0.720 bits per heavy atom. The van der Waals surface area contributed by atoms with Gasteiger partial charge >= 0.3 is 0 Å². The van der Waals surface area contributed by atoms with Crippen LogP contribution in [-0.4, -0.2) is 17.2 Å². The average molecular weight is 981 g/mol. The molecule has 0 saturated heterocycles. The molecule has 3 heteroatoms. The van der Waals surface area contributed by atoms with Gasteiger partial charge in [0.2, 0.25) is 0 Å². The molecule has 0 aliphatic rings. The van der Waals surface area contributed by atoms with Crippen LogP contribution in [0.3, 0.4) is 0 Å². The van der Waals surface area contributed by atoms with Crippen molar-refractivity contribution in [3.05, 3.63) is 303 Å². The van der Waals surface area contributed by atoms with Gasteiger partial charge in [0.05, 0.1) is 41.5 Å². The van der Waals surface area contributed by atoms with E-state index in [1.54, 1.807) is 0 Å². The van der Waals surface area contributed by atoms with E-state index < -0.39 is 68.5 Å². The summed E-state index contributed by atoms with van der Waals surface area (Å²) in [4.78, 5) is 0. The Balaban J connectivity index is 1.16. The van der Waals surface area contributed by atoms with Gasteiger partial charge < -0.3 is 9.13 Å². The highest BCUT2D eigenvalue weighted by molar-refractivity contribution is 7.20. The van der Waals surface area contributed by atoms with Crippen LogP contribution in [0, 0.1) is 0 Å². The predicted octanol–water partition coefficient (Wildman–Crippen LogP) is 15.9. The molecule has 14 rings (SSSR count). The molecule has 0 aliphatic heterocycles. The molecule has 75 heavy (non-hydrogen) atoms. The second-order valence-electron chi connectivity index (χ2n) is 18.8. The van der Waals surface area contributed by atoms with Crippen molar-refractivity contribution >= 4 is 72.4 Å². The van der Waals surface area contributed by atoms with E-state index in [9.17, 15) is 11.0 Å².